The summed E-state index contributed by atoms with van der Waals surface area (Å²) in [4.78, 5) is 28.8. The molecule has 10 nitrogen and oxygen atoms in total. The molecule has 0 atom stereocenters. The van der Waals surface area contributed by atoms with Crippen LogP contribution >= 0.6 is 0 Å². The summed E-state index contributed by atoms with van der Waals surface area (Å²) in [7, 11) is 4.87. The van der Waals surface area contributed by atoms with Crippen molar-refractivity contribution in [2.75, 3.05) is 58.8 Å². The zero-order chi connectivity index (χ0) is 21.5. The summed E-state index contributed by atoms with van der Waals surface area (Å²) in [5.41, 5.74) is 1.18. The number of carbonyl (C=O) groups excluding carboxylic acids is 2. The molecule has 2 N–H and O–H groups in total. The molecular weight excluding hydrogens is 388 g/mol. The maximum Gasteiger partial charge on any atom is 0.319 e. The average Bonchev–Trinajstić information content (AvgIpc) is 3.15. The van der Waals surface area contributed by atoms with Crippen molar-refractivity contribution in [3.05, 3.63) is 36.0 Å². The molecule has 1 saturated heterocycles. The summed E-state index contributed by atoms with van der Waals surface area (Å²) in [5, 5.41) is 9.78. The second kappa shape index (κ2) is 9.97. The van der Waals surface area contributed by atoms with Crippen LogP contribution in [0, 0.1) is 0 Å². The summed E-state index contributed by atoms with van der Waals surface area (Å²) in [6.45, 7) is 3.97. The number of methoxy groups -OCH3 is 2. The molecular formula is C20H28N6O4. The molecule has 1 aromatic heterocycles. The first-order chi connectivity index (χ1) is 14.5. The number of nitrogens with one attached hydrogen (secondary N) is 2. The zero-order valence-corrected chi connectivity index (χ0v) is 17.6. The lowest BCUT2D eigenvalue weighted by Crippen LogP contribution is -2.50. The van der Waals surface area contributed by atoms with Crippen LogP contribution in [0.5, 0.6) is 11.6 Å². The summed E-state index contributed by atoms with van der Waals surface area (Å²) in [5.74, 6) is 1.01. The Morgan fingerprint density at radius 1 is 1.07 bits per heavy atom. The van der Waals surface area contributed by atoms with Gasteiger partial charge >= 0.3 is 6.03 Å². The van der Waals surface area contributed by atoms with Gasteiger partial charge in [0, 0.05) is 58.2 Å². The highest BCUT2D eigenvalue weighted by atomic mass is 16.5. The number of hydrogen-bond acceptors (Lipinski definition) is 6. The van der Waals surface area contributed by atoms with E-state index in [0.29, 0.717) is 43.3 Å². The number of aryl methyl sites for hydroxylation is 1. The Hall–Kier alpha value is -3.27. The number of urea groups is 1. The fourth-order valence-corrected chi connectivity index (χ4v) is 3.29. The summed E-state index contributed by atoms with van der Waals surface area (Å²) >= 11 is 0. The molecule has 10 heteroatoms. The topological polar surface area (TPSA) is 101 Å². The van der Waals surface area contributed by atoms with E-state index in [2.05, 4.69) is 20.6 Å². The zero-order valence-electron chi connectivity index (χ0n) is 17.6. The molecule has 0 bridgehead atoms. The van der Waals surface area contributed by atoms with Crippen LogP contribution in [0.2, 0.25) is 0 Å². The fourth-order valence-electron chi connectivity index (χ4n) is 3.29. The smallest absolute Gasteiger partial charge is 0.319 e. The van der Waals surface area contributed by atoms with Crippen LogP contribution in [0.25, 0.3) is 0 Å². The molecule has 30 heavy (non-hydrogen) atoms. The SMILES string of the molecule is COc1ccc(NC(=O)NCCN2CCN(C(=O)c3cn(C)nc3OC)CC2)cc1. The van der Waals surface area contributed by atoms with Crippen LogP contribution in [0.3, 0.4) is 0 Å². The lowest BCUT2D eigenvalue weighted by molar-refractivity contribution is 0.0636. The van der Waals surface area contributed by atoms with E-state index >= 15 is 0 Å². The highest BCUT2D eigenvalue weighted by molar-refractivity contribution is 5.96. The molecule has 0 spiro atoms. The Labute approximate surface area is 175 Å². The Balaban J connectivity index is 1.38. The number of benzene rings is 1. The van der Waals surface area contributed by atoms with Crippen molar-refractivity contribution < 1.29 is 19.1 Å². The third-order valence-corrected chi connectivity index (χ3v) is 4.94. The molecule has 1 aliphatic rings. The van der Waals surface area contributed by atoms with Gasteiger partial charge < -0.3 is 25.0 Å². The third-order valence-electron chi connectivity index (χ3n) is 4.94. The minimum Gasteiger partial charge on any atom is -0.497 e. The van der Waals surface area contributed by atoms with E-state index in [-0.39, 0.29) is 11.9 Å². The molecule has 1 fully saturated rings. The molecule has 162 valence electrons. The fraction of sp³-hybridized carbons (Fsp3) is 0.450. The van der Waals surface area contributed by atoms with Crippen molar-refractivity contribution in [3.8, 4) is 11.6 Å². The number of anilines is 1. The molecule has 0 aliphatic carbocycles. The van der Waals surface area contributed by atoms with Gasteiger partial charge in [0.2, 0.25) is 5.88 Å². The van der Waals surface area contributed by atoms with Crippen LogP contribution in [0.1, 0.15) is 10.4 Å². The Bertz CT molecular complexity index is 859. The normalized spacial score (nSPS) is 14.3. The van der Waals surface area contributed by atoms with E-state index in [4.69, 9.17) is 9.47 Å². The number of rotatable bonds is 7. The largest absolute Gasteiger partial charge is 0.497 e. The average molecular weight is 416 g/mol. The highest BCUT2D eigenvalue weighted by Gasteiger charge is 2.26. The van der Waals surface area contributed by atoms with Gasteiger partial charge in [-0.1, -0.05) is 0 Å². The number of piperazine rings is 1. The molecule has 2 aromatic rings. The van der Waals surface area contributed by atoms with Crippen molar-refractivity contribution in [2.24, 2.45) is 7.05 Å². The minimum atomic E-state index is -0.252. The third kappa shape index (κ3) is 5.41. The predicted molar refractivity (Wildman–Crippen MR) is 112 cm³/mol. The van der Waals surface area contributed by atoms with E-state index in [1.54, 1.807) is 54.2 Å². The van der Waals surface area contributed by atoms with Gasteiger partial charge in [-0.05, 0) is 24.3 Å². The quantitative estimate of drug-likeness (QED) is 0.699. The Kier molecular flexibility index (Phi) is 7.12. The van der Waals surface area contributed by atoms with Gasteiger partial charge in [-0.15, -0.1) is 5.10 Å². The molecule has 3 rings (SSSR count). The second-order valence-electron chi connectivity index (χ2n) is 6.97. The summed E-state index contributed by atoms with van der Waals surface area (Å²) < 4.78 is 11.9. The monoisotopic (exact) mass is 416 g/mol. The lowest BCUT2D eigenvalue weighted by atomic mass is 10.2. The van der Waals surface area contributed by atoms with Gasteiger partial charge in [-0.2, -0.15) is 0 Å². The molecule has 1 aromatic carbocycles. The number of aromatic nitrogens is 2. The number of amides is 3. The van der Waals surface area contributed by atoms with Crippen LogP contribution in [0.15, 0.2) is 30.5 Å². The van der Waals surface area contributed by atoms with Crippen molar-refractivity contribution in [2.45, 2.75) is 0 Å². The molecule has 0 radical (unpaired) electrons. The Morgan fingerprint density at radius 2 is 1.77 bits per heavy atom. The molecule has 1 aliphatic heterocycles. The van der Waals surface area contributed by atoms with Crippen molar-refractivity contribution in [3.63, 3.8) is 0 Å². The minimum absolute atomic E-state index is 0.0726. The van der Waals surface area contributed by atoms with E-state index in [1.165, 1.54) is 7.11 Å². The van der Waals surface area contributed by atoms with E-state index < -0.39 is 0 Å². The maximum atomic E-state index is 12.7. The Morgan fingerprint density at radius 3 is 2.40 bits per heavy atom. The van der Waals surface area contributed by atoms with Crippen molar-refractivity contribution in [1.82, 2.24) is 24.9 Å². The first kappa shape index (κ1) is 21.4. The van der Waals surface area contributed by atoms with Crippen LogP contribution < -0.4 is 20.1 Å². The highest BCUT2D eigenvalue weighted by Crippen LogP contribution is 2.18. The van der Waals surface area contributed by atoms with Crippen LogP contribution in [-0.4, -0.2) is 85.0 Å². The van der Waals surface area contributed by atoms with Crippen LogP contribution in [0.4, 0.5) is 10.5 Å². The number of carbonyl (C=O) groups is 2. The number of ether oxygens (including phenoxy) is 2. The van der Waals surface area contributed by atoms with Crippen LogP contribution in [-0.2, 0) is 7.05 Å². The maximum absolute atomic E-state index is 12.7. The van der Waals surface area contributed by atoms with Gasteiger partial charge in [0.25, 0.3) is 5.91 Å². The van der Waals surface area contributed by atoms with Gasteiger partial charge in [-0.3, -0.25) is 14.4 Å². The number of hydrogen-bond donors (Lipinski definition) is 2. The lowest BCUT2D eigenvalue weighted by Gasteiger charge is -2.34. The van der Waals surface area contributed by atoms with Gasteiger partial charge in [0.15, 0.2) is 0 Å². The molecule has 3 amide bonds. The summed E-state index contributed by atoms with van der Waals surface area (Å²) in [6, 6.07) is 6.89. The van der Waals surface area contributed by atoms with Gasteiger partial charge in [0.05, 0.1) is 14.2 Å². The molecule has 2 heterocycles. The molecule has 0 saturated carbocycles. The standard InChI is InChI=1S/C20H28N6O4/c1-24-14-17(18(23-24)30-3)19(27)26-12-10-25(11-13-26)9-8-21-20(28)22-15-4-6-16(29-2)7-5-15/h4-7,14H,8-13H2,1-3H3,(H2,21,22,28). The second-order valence-corrected chi connectivity index (χ2v) is 6.97. The van der Waals surface area contributed by atoms with E-state index in [1.807, 2.05) is 0 Å². The summed E-state index contributed by atoms with van der Waals surface area (Å²) in [6.07, 6.45) is 1.68. The van der Waals surface area contributed by atoms with Gasteiger partial charge in [0.1, 0.15) is 11.3 Å². The van der Waals surface area contributed by atoms with Crippen molar-refractivity contribution >= 4 is 17.6 Å². The van der Waals surface area contributed by atoms with Crippen molar-refractivity contribution in [1.29, 1.82) is 0 Å². The molecule has 0 unspecified atom stereocenters. The van der Waals surface area contributed by atoms with E-state index in [0.717, 1.165) is 18.8 Å². The first-order valence-corrected chi connectivity index (χ1v) is 9.78. The first-order valence-electron chi connectivity index (χ1n) is 9.78. The van der Waals surface area contributed by atoms with E-state index in [9.17, 15) is 9.59 Å². The number of nitrogens with zero attached hydrogens (tertiary/aromatic N) is 4. The van der Waals surface area contributed by atoms with Gasteiger partial charge in [-0.25, -0.2) is 4.79 Å². The predicted octanol–water partition coefficient (Wildman–Crippen LogP) is 1.02.